The molecule has 2 rings (SSSR count). The minimum absolute atomic E-state index is 0.0606. The minimum atomic E-state index is -3.08. The Balaban J connectivity index is 2.11. The molecule has 0 saturated heterocycles. The lowest BCUT2D eigenvalue weighted by Crippen LogP contribution is -2.13. The van der Waals surface area contributed by atoms with Gasteiger partial charge in [-0.05, 0) is 36.6 Å². The van der Waals surface area contributed by atoms with Gasteiger partial charge in [0.25, 0.3) is 0 Å². The monoisotopic (exact) mass is 267 g/mol. The first kappa shape index (κ1) is 13.1. The van der Waals surface area contributed by atoms with Crippen molar-refractivity contribution in [2.75, 3.05) is 23.9 Å². The zero-order chi connectivity index (χ0) is 13.2. The molecule has 0 spiro atoms. The van der Waals surface area contributed by atoms with Crippen LogP contribution in [0.25, 0.3) is 0 Å². The lowest BCUT2D eigenvalue weighted by Gasteiger charge is -2.18. The van der Waals surface area contributed by atoms with Gasteiger partial charge in [0, 0.05) is 30.5 Å². The summed E-state index contributed by atoms with van der Waals surface area (Å²) in [4.78, 5) is 11.9. The van der Waals surface area contributed by atoms with Gasteiger partial charge in [-0.1, -0.05) is 0 Å². The molecule has 1 N–H and O–H groups in total. The smallest absolute Gasteiger partial charge is 0.163 e. The van der Waals surface area contributed by atoms with Crippen LogP contribution in [0.2, 0.25) is 0 Å². The third-order valence-corrected chi connectivity index (χ3v) is 4.01. The highest BCUT2D eigenvalue weighted by molar-refractivity contribution is 7.90. The van der Waals surface area contributed by atoms with E-state index in [1.807, 2.05) is 12.1 Å². The van der Waals surface area contributed by atoms with Crippen LogP contribution in [-0.2, 0) is 16.3 Å². The number of rotatable bonds is 4. The van der Waals surface area contributed by atoms with Gasteiger partial charge in [-0.2, -0.15) is 0 Å². The van der Waals surface area contributed by atoms with Gasteiger partial charge >= 0.3 is 0 Å². The number of anilines is 1. The standard InChI is InChI=1S/C13H17NO3S/c1-18(16,17)8-6-13(15)11-4-5-12-10(9-11)3-2-7-14-12/h4-5,9,14H,2-3,6-8H2,1H3. The van der Waals surface area contributed by atoms with Crippen molar-refractivity contribution in [1.29, 1.82) is 0 Å². The van der Waals surface area contributed by atoms with Crippen molar-refractivity contribution in [3.63, 3.8) is 0 Å². The fourth-order valence-corrected chi connectivity index (χ4v) is 2.63. The Morgan fingerprint density at radius 1 is 1.39 bits per heavy atom. The van der Waals surface area contributed by atoms with Crippen LogP contribution < -0.4 is 5.32 Å². The molecule has 0 saturated carbocycles. The molecule has 98 valence electrons. The first-order chi connectivity index (χ1) is 8.46. The minimum Gasteiger partial charge on any atom is -0.385 e. The van der Waals surface area contributed by atoms with E-state index in [-0.39, 0.29) is 18.0 Å². The van der Waals surface area contributed by atoms with Crippen molar-refractivity contribution in [2.45, 2.75) is 19.3 Å². The first-order valence-corrected chi connectivity index (χ1v) is 8.09. The number of hydrogen-bond acceptors (Lipinski definition) is 4. The number of nitrogens with one attached hydrogen (secondary N) is 1. The normalized spacial score (nSPS) is 14.7. The van der Waals surface area contributed by atoms with Gasteiger partial charge in [-0.25, -0.2) is 8.42 Å². The second-order valence-corrected chi connectivity index (χ2v) is 6.97. The number of fused-ring (bicyclic) bond motifs is 1. The van der Waals surface area contributed by atoms with Crippen molar-refractivity contribution >= 4 is 21.3 Å². The van der Waals surface area contributed by atoms with E-state index < -0.39 is 9.84 Å². The Morgan fingerprint density at radius 3 is 2.89 bits per heavy atom. The Kier molecular flexibility index (Phi) is 3.71. The fraction of sp³-hybridized carbons (Fsp3) is 0.462. The largest absolute Gasteiger partial charge is 0.385 e. The van der Waals surface area contributed by atoms with Crippen molar-refractivity contribution in [3.05, 3.63) is 29.3 Å². The molecule has 0 atom stereocenters. The number of carbonyl (C=O) groups is 1. The maximum absolute atomic E-state index is 11.9. The molecule has 0 aliphatic carbocycles. The number of ketones is 1. The molecule has 1 aromatic carbocycles. The zero-order valence-corrected chi connectivity index (χ0v) is 11.2. The summed E-state index contributed by atoms with van der Waals surface area (Å²) in [5, 5.41) is 3.28. The maximum Gasteiger partial charge on any atom is 0.163 e. The SMILES string of the molecule is CS(=O)(=O)CCC(=O)c1ccc2c(c1)CCCN2. The molecule has 18 heavy (non-hydrogen) atoms. The van der Waals surface area contributed by atoms with Crippen molar-refractivity contribution in [1.82, 2.24) is 0 Å². The molecule has 1 aromatic rings. The van der Waals surface area contributed by atoms with E-state index in [9.17, 15) is 13.2 Å². The number of aryl methyl sites for hydroxylation is 1. The van der Waals surface area contributed by atoms with Gasteiger partial charge in [0.2, 0.25) is 0 Å². The highest BCUT2D eigenvalue weighted by Gasteiger charge is 2.14. The predicted octanol–water partition coefficient (Wildman–Crippen LogP) is 1.66. The van der Waals surface area contributed by atoms with Crippen LogP contribution in [0.15, 0.2) is 18.2 Å². The Labute approximate surface area is 107 Å². The summed E-state index contributed by atoms with van der Waals surface area (Å²) in [7, 11) is -3.08. The number of sulfone groups is 1. The highest BCUT2D eigenvalue weighted by atomic mass is 32.2. The van der Waals surface area contributed by atoms with Gasteiger partial charge in [0.15, 0.2) is 5.78 Å². The Bertz CT molecular complexity index is 564. The van der Waals surface area contributed by atoms with Crippen LogP contribution in [0.5, 0.6) is 0 Å². The molecule has 0 bridgehead atoms. The molecule has 0 unspecified atom stereocenters. The second-order valence-electron chi connectivity index (χ2n) is 4.71. The molecule has 5 heteroatoms. The molecule has 1 aliphatic heterocycles. The maximum atomic E-state index is 11.9. The summed E-state index contributed by atoms with van der Waals surface area (Å²) in [6, 6.07) is 5.55. The van der Waals surface area contributed by atoms with E-state index in [1.165, 1.54) is 0 Å². The number of carbonyl (C=O) groups excluding carboxylic acids is 1. The zero-order valence-electron chi connectivity index (χ0n) is 10.4. The molecule has 1 aliphatic rings. The number of Topliss-reactive ketones (excluding diaryl/α,β-unsaturated/α-hetero) is 1. The van der Waals surface area contributed by atoms with E-state index in [1.54, 1.807) is 6.07 Å². The van der Waals surface area contributed by atoms with Crippen LogP contribution in [0.3, 0.4) is 0 Å². The molecule has 0 amide bonds. The fourth-order valence-electron chi connectivity index (χ4n) is 2.07. The molecule has 0 fully saturated rings. The molecule has 0 radical (unpaired) electrons. The van der Waals surface area contributed by atoms with E-state index in [4.69, 9.17) is 0 Å². The molecule has 1 heterocycles. The predicted molar refractivity (Wildman–Crippen MR) is 71.9 cm³/mol. The van der Waals surface area contributed by atoms with Gasteiger partial charge in [0.05, 0.1) is 5.75 Å². The van der Waals surface area contributed by atoms with Crippen LogP contribution in [0.4, 0.5) is 5.69 Å². The van der Waals surface area contributed by atoms with E-state index in [2.05, 4.69) is 5.32 Å². The highest BCUT2D eigenvalue weighted by Crippen LogP contribution is 2.23. The molecule has 4 nitrogen and oxygen atoms in total. The van der Waals surface area contributed by atoms with Crippen LogP contribution >= 0.6 is 0 Å². The summed E-state index contributed by atoms with van der Waals surface area (Å²) in [6.07, 6.45) is 3.24. The summed E-state index contributed by atoms with van der Waals surface area (Å²) in [5.41, 5.74) is 2.84. The van der Waals surface area contributed by atoms with Gasteiger partial charge in [0.1, 0.15) is 9.84 Å². The Hall–Kier alpha value is -1.36. The lowest BCUT2D eigenvalue weighted by atomic mass is 9.98. The molecular formula is C13H17NO3S. The Morgan fingerprint density at radius 2 is 2.17 bits per heavy atom. The van der Waals surface area contributed by atoms with Gasteiger partial charge in [-0.15, -0.1) is 0 Å². The van der Waals surface area contributed by atoms with E-state index in [0.717, 1.165) is 36.9 Å². The van der Waals surface area contributed by atoms with E-state index in [0.29, 0.717) is 5.56 Å². The quantitative estimate of drug-likeness (QED) is 0.843. The second kappa shape index (κ2) is 5.10. The average Bonchev–Trinajstić information content (AvgIpc) is 2.34. The summed E-state index contributed by atoms with van der Waals surface area (Å²) >= 11 is 0. The summed E-state index contributed by atoms with van der Waals surface area (Å²) in [5.74, 6) is -0.185. The topological polar surface area (TPSA) is 63.2 Å². The molecular weight excluding hydrogens is 250 g/mol. The van der Waals surface area contributed by atoms with E-state index >= 15 is 0 Å². The molecule has 0 aromatic heterocycles. The number of hydrogen-bond donors (Lipinski definition) is 1. The number of benzene rings is 1. The average molecular weight is 267 g/mol. The third-order valence-electron chi connectivity index (χ3n) is 3.07. The van der Waals surface area contributed by atoms with Crippen molar-refractivity contribution in [3.8, 4) is 0 Å². The van der Waals surface area contributed by atoms with Crippen LogP contribution in [-0.4, -0.2) is 32.8 Å². The lowest BCUT2D eigenvalue weighted by molar-refractivity contribution is 0.0988. The summed E-state index contributed by atoms with van der Waals surface area (Å²) in [6.45, 7) is 0.967. The van der Waals surface area contributed by atoms with Gasteiger partial charge in [-0.3, -0.25) is 4.79 Å². The van der Waals surface area contributed by atoms with Crippen LogP contribution in [0.1, 0.15) is 28.8 Å². The van der Waals surface area contributed by atoms with Crippen molar-refractivity contribution in [2.24, 2.45) is 0 Å². The van der Waals surface area contributed by atoms with Crippen LogP contribution in [0, 0.1) is 0 Å². The van der Waals surface area contributed by atoms with Crippen molar-refractivity contribution < 1.29 is 13.2 Å². The summed E-state index contributed by atoms with van der Waals surface area (Å²) < 4.78 is 22.1. The third kappa shape index (κ3) is 3.32. The first-order valence-electron chi connectivity index (χ1n) is 6.03. The van der Waals surface area contributed by atoms with Gasteiger partial charge < -0.3 is 5.32 Å².